The zero-order chi connectivity index (χ0) is 20.4. The van der Waals surface area contributed by atoms with Gasteiger partial charge in [-0.2, -0.15) is 4.98 Å². The van der Waals surface area contributed by atoms with E-state index < -0.39 is 0 Å². The van der Waals surface area contributed by atoms with Gasteiger partial charge < -0.3 is 14.2 Å². The van der Waals surface area contributed by atoms with Crippen LogP contribution in [-0.2, 0) is 0 Å². The lowest BCUT2D eigenvalue weighted by molar-refractivity contribution is 0.0740. The van der Waals surface area contributed by atoms with Gasteiger partial charge >= 0.3 is 6.01 Å². The van der Waals surface area contributed by atoms with Crippen molar-refractivity contribution < 1.29 is 14.0 Å². The molecule has 1 aliphatic rings. The third-order valence-corrected chi connectivity index (χ3v) is 6.13. The third kappa shape index (κ3) is 4.39. The third-order valence-electron chi connectivity index (χ3n) is 4.52. The Morgan fingerprint density at radius 3 is 2.59 bits per heavy atom. The number of hydrogen-bond donors (Lipinski definition) is 1. The number of hydrogen-bond acceptors (Lipinski definition) is 6. The van der Waals surface area contributed by atoms with Crippen LogP contribution in [0.4, 0.5) is 11.7 Å². The maximum Gasteiger partial charge on any atom is 0.302 e. The fourth-order valence-corrected chi connectivity index (χ4v) is 3.92. The van der Waals surface area contributed by atoms with E-state index in [0.29, 0.717) is 41.1 Å². The summed E-state index contributed by atoms with van der Waals surface area (Å²) in [7, 11) is 0. The first kappa shape index (κ1) is 19.8. The maximum atomic E-state index is 12.7. The number of thiophene rings is 1. The highest BCUT2D eigenvalue weighted by atomic mass is 35.5. The fourth-order valence-electron chi connectivity index (χ4n) is 3.01. The molecule has 2 aromatic heterocycles. The molecule has 1 aliphatic heterocycles. The zero-order valence-corrected chi connectivity index (χ0v) is 17.4. The predicted octanol–water partition coefficient (Wildman–Crippen LogP) is 4.26. The average molecular weight is 451 g/mol. The molecule has 0 aliphatic carbocycles. The van der Waals surface area contributed by atoms with Crippen LogP contribution in [0.3, 0.4) is 0 Å². The minimum atomic E-state index is -0.323. The van der Waals surface area contributed by atoms with E-state index in [-0.39, 0.29) is 23.5 Å². The number of rotatable bonds is 4. The average Bonchev–Trinajstić information content (AvgIpc) is 3.42. The monoisotopic (exact) mass is 450 g/mol. The van der Waals surface area contributed by atoms with Gasteiger partial charge in [0.1, 0.15) is 6.26 Å². The molecule has 29 heavy (non-hydrogen) atoms. The van der Waals surface area contributed by atoms with E-state index in [9.17, 15) is 9.59 Å². The lowest BCUT2D eigenvalue weighted by atomic mass is 10.2. The van der Waals surface area contributed by atoms with Crippen LogP contribution in [0.2, 0.25) is 10.0 Å². The quantitative estimate of drug-likeness (QED) is 0.642. The van der Waals surface area contributed by atoms with Crippen LogP contribution in [-0.4, -0.2) is 47.9 Å². The molecule has 2 amide bonds. The number of amides is 2. The van der Waals surface area contributed by atoms with E-state index in [2.05, 4.69) is 15.2 Å². The maximum absolute atomic E-state index is 12.7. The van der Waals surface area contributed by atoms with E-state index in [0.717, 1.165) is 5.69 Å². The van der Waals surface area contributed by atoms with Gasteiger partial charge in [0.2, 0.25) is 0 Å². The molecule has 1 fully saturated rings. The smallest absolute Gasteiger partial charge is 0.302 e. The number of oxazole rings is 1. The van der Waals surface area contributed by atoms with Crippen molar-refractivity contribution in [3.8, 4) is 0 Å². The second-order valence-corrected chi connectivity index (χ2v) is 8.11. The summed E-state index contributed by atoms with van der Waals surface area (Å²) < 4.78 is 5.24. The molecular formula is C19H16Cl2N4O3S. The first-order chi connectivity index (χ1) is 14.0. The van der Waals surface area contributed by atoms with Crippen LogP contribution in [0.15, 0.2) is 46.4 Å². The van der Waals surface area contributed by atoms with Crippen LogP contribution in [0, 0.1) is 0 Å². The van der Waals surface area contributed by atoms with E-state index in [1.807, 2.05) is 12.1 Å². The van der Waals surface area contributed by atoms with Gasteiger partial charge in [0.15, 0.2) is 5.69 Å². The van der Waals surface area contributed by atoms with E-state index >= 15 is 0 Å². The van der Waals surface area contributed by atoms with Gasteiger partial charge in [-0.1, -0.05) is 29.3 Å². The number of halogens is 2. The molecule has 1 aromatic carbocycles. The van der Waals surface area contributed by atoms with Gasteiger partial charge in [0.05, 0.1) is 14.9 Å². The van der Waals surface area contributed by atoms with Gasteiger partial charge in [-0.15, -0.1) is 11.3 Å². The lowest BCUT2D eigenvalue weighted by Crippen LogP contribution is -2.48. The Morgan fingerprint density at radius 2 is 1.90 bits per heavy atom. The summed E-state index contributed by atoms with van der Waals surface area (Å²) in [5.41, 5.74) is 1.13. The topological polar surface area (TPSA) is 78.7 Å². The standard InChI is InChI=1S/C19H16Cl2N4O3S/c20-13-4-3-12(10-14(13)21)24-5-7-25(8-6-24)18(27)15-11-28-19(22-15)23-17(26)16-2-1-9-29-16/h1-4,9-11H,5-8H2,(H,22,23,26). The highest BCUT2D eigenvalue weighted by Crippen LogP contribution is 2.28. The number of carbonyl (C=O) groups excluding carboxylic acids is 2. The van der Waals surface area contributed by atoms with Crippen molar-refractivity contribution in [2.45, 2.75) is 0 Å². The number of aromatic nitrogens is 1. The second kappa shape index (κ2) is 8.44. The van der Waals surface area contributed by atoms with Crippen molar-refractivity contribution in [2.75, 3.05) is 36.4 Å². The molecule has 10 heteroatoms. The predicted molar refractivity (Wildman–Crippen MR) is 113 cm³/mol. The summed E-state index contributed by atoms with van der Waals surface area (Å²) >= 11 is 13.4. The van der Waals surface area contributed by atoms with Gasteiger partial charge in [-0.25, -0.2) is 0 Å². The Morgan fingerprint density at radius 1 is 1.10 bits per heavy atom. The first-order valence-corrected chi connectivity index (χ1v) is 10.4. The van der Waals surface area contributed by atoms with Crippen LogP contribution in [0.25, 0.3) is 0 Å². The summed E-state index contributed by atoms with van der Waals surface area (Å²) in [6.07, 6.45) is 1.26. The lowest BCUT2D eigenvalue weighted by Gasteiger charge is -2.35. The molecule has 7 nitrogen and oxygen atoms in total. The molecule has 0 saturated carbocycles. The highest BCUT2D eigenvalue weighted by Gasteiger charge is 2.25. The molecule has 0 unspecified atom stereocenters. The summed E-state index contributed by atoms with van der Waals surface area (Å²) in [6, 6.07) is 8.97. The van der Waals surface area contributed by atoms with Crippen LogP contribution >= 0.6 is 34.5 Å². The largest absolute Gasteiger partial charge is 0.431 e. The van der Waals surface area contributed by atoms with Crippen LogP contribution in [0.1, 0.15) is 20.2 Å². The number of piperazine rings is 1. The summed E-state index contributed by atoms with van der Waals surface area (Å²) in [5.74, 6) is -0.560. The molecular weight excluding hydrogens is 435 g/mol. The molecule has 0 atom stereocenters. The molecule has 1 saturated heterocycles. The van der Waals surface area contributed by atoms with Gasteiger partial charge in [-0.3, -0.25) is 14.9 Å². The molecule has 1 N–H and O–H groups in total. The van der Waals surface area contributed by atoms with Crippen molar-refractivity contribution in [3.63, 3.8) is 0 Å². The van der Waals surface area contributed by atoms with E-state index in [1.165, 1.54) is 17.6 Å². The Kier molecular flexibility index (Phi) is 5.75. The van der Waals surface area contributed by atoms with Gasteiger partial charge in [-0.05, 0) is 29.6 Å². The molecule has 0 bridgehead atoms. The van der Waals surface area contributed by atoms with Crippen molar-refractivity contribution in [2.24, 2.45) is 0 Å². The molecule has 3 aromatic rings. The number of nitrogens with one attached hydrogen (secondary N) is 1. The van der Waals surface area contributed by atoms with Crippen LogP contribution in [0.5, 0.6) is 0 Å². The number of anilines is 2. The molecule has 0 spiro atoms. The van der Waals surface area contributed by atoms with Crippen molar-refractivity contribution in [1.82, 2.24) is 9.88 Å². The number of nitrogens with zero attached hydrogens (tertiary/aromatic N) is 3. The Hall–Kier alpha value is -2.55. The fraction of sp³-hybridized carbons (Fsp3) is 0.211. The molecule has 150 valence electrons. The Balaban J connectivity index is 1.35. The minimum absolute atomic E-state index is 0.00110. The van der Waals surface area contributed by atoms with E-state index in [1.54, 1.807) is 28.5 Å². The molecule has 3 heterocycles. The summed E-state index contributed by atoms with van der Waals surface area (Å²) in [6.45, 7) is 2.37. The minimum Gasteiger partial charge on any atom is -0.431 e. The van der Waals surface area contributed by atoms with Crippen molar-refractivity contribution in [1.29, 1.82) is 0 Å². The number of benzene rings is 1. The summed E-state index contributed by atoms with van der Waals surface area (Å²) in [5, 5.41) is 5.37. The van der Waals surface area contributed by atoms with E-state index in [4.69, 9.17) is 27.6 Å². The zero-order valence-electron chi connectivity index (χ0n) is 15.1. The van der Waals surface area contributed by atoms with Crippen LogP contribution < -0.4 is 10.2 Å². The van der Waals surface area contributed by atoms with Crippen molar-refractivity contribution >= 4 is 58.1 Å². The van der Waals surface area contributed by atoms with Gasteiger partial charge in [0.25, 0.3) is 11.8 Å². The molecule has 4 rings (SSSR count). The normalized spacial score (nSPS) is 14.1. The molecule has 0 radical (unpaired) electrons. The number of carbonyl (C=O) groups is 2. The Bertz CT molecular complexity index is 1030. The van der Waals surface area contributed by atoms with Crippen molar-refractivity contribution in [3.05, 3.63) is 62.6 Å². The first-order valence-electron chi connectivity index (χ1n) is 8.81. The van der Waals surface area contributed by atoms with Gasteiger partial charge in [0, 0.05) is 31.9 Å². The highest BCUT2D eigenvalue weighted by molar-refractivity contribution is 7.12. The summed E-state index contributed by atoms with van der Waals surface area (Å²) in [4.78, 5) is 33.2. The second-order valence-electron chi connectivity index (χ2n) is 6.35. The Labute approximate surface area is 180 Å². The SMILES string of the molecule is O=C(Nc1nc(C(=O)N2CCN(c3ccc(Cl)c(Cl)c3)CC2)co1)c1cccs1.